The van der Waals surface area contributed by atoms with Crippen molar-refractivity contribution in [1.29, 1.82) is 0 Å². The molecule has 0 fully saturated rings. The second-order valence-electron chi connectivity index (χ2n) is 10.4. The summed E-state index contributed by atoms with van der Waals surface area (Å²) in [7, 11) is 0. The van der Waals surface area contributed by atoms with Crippen LogP contribution in [0.2, 0.25) is 6.82 Å². The van der Waals surface area contributed by atoms with Gasteiger partial charge in [-0.05, 0) is 53.6 Å². The first-order valence-electron chi connectivity index (χ1n) is 12.7. The molecule has 0 aliphatic heterocycles. The van der Waals surface area contributed by atoms with Crippen LogP contribution in [-0.4, -0.2) is 6.15 Å². The van der Waals surface area contributed by atoms with Crippen LogP contribution >= 0.6 is 0 Å². The molecule has 0 atom stereocenters. The topological polar surface area (TPSA) is 0 Å². The molecule has 0 spiro atoms. The van der Waals surface area contributed by atoms with Crippen molar-refractivity contribution in [2.45, 2.75) is 27.6 Å². The number of fused-ring (bicyclic) bond motifs is 3. The molecule has 170 valence electrons. The molecule has 0 bridgehead atoms. The van der Waals surface area contributed by atoms with Gasteiger partial charge < -0.3 is 0 Å². The fraction of sp³-hybridized carbons (Fsp3) is 0.118. The Hall–Kier alpha value is -3.84. The summed E-state index contributed by atoms with van der Waals surface area (Å²) in [4.78, 5) is 0. The number of hydrogen-bond donors (Lipinski definition) is 0. The molecule has 6 aromatic carbocycles. The van der Waals surface area contributed by atoms with Gasteiger partial charge in [-0.2, -0.15) is 23.2 Å². The highest BCUT2D eigenvalue weighted by Gasteiger charge is 2.29. The Kier molecular flexibility index (Phi) is 5.04. The summed E-state index contributed by atoms with van der Waals surface area (Å²) in [5.74, 6) is 0. The average molecular weight is 449 g/mol. The van der Waals surface area contributed by atoms with Gasteiger partial charge in [0.1, 0.15) is 0 Å². The number of rotatable bonds is 3. The van der Waals surface area contributed by atoms with Gasteiger partial charge in [0.25, 0.3) is 0 Å². The van der Waals surface area contributed by atoms with Gasteiger partial charge in [0.05, 0.1) is 6.15 Å². The van der Waals surface area contributed by atoms with Gasteiger partial charge in [-0.25, -0.2) is 0 Å². The largest absolute Gasteiger partial charge is 0.192 e. The number of aryl methyl sites for hydroxylation is 3. The van der Waals surface area contributed by atoms with Gasteiger partial charge >= 0.3 is 0 Å². The molecule has 0 saturated carbocycles. The predicted molar refractivity (Wildman–Crippen MR) is 157 cm³/mol. The third-order valence-electron chi connectivity index (χ3n) is 8.39. The Labute approximate surface area is 208 Å². The lowest BCUT2D eigenvalue weighted by Crippen LogP contribution is -2.65. The first-order chi connectivity index (χ1) is 17.0. The third-order valence-corrected chi connectivity index (χ3v) is 8.39. The lowest BCUT2D eigenvalue weighted by atomic mass is 9.16. The van der Waals surface area contributed by atoms with Crippen LogP contribution in [0, 0.1) is 20.8 Å². The first-order valence-corrected chi connectivity index (χ1v) is 12.7. The maximum Gasteiger partial charge on any atom is 0.0810 e. The monoisotopic (exact) mass is 449 g/mol. The molecule has 0 aromatic heterocycles. The van der Waals surface area contributed by atoms with E-state index in [2.05, 4.69) is 137 Å². The van der Waals surface area contributed by atoms with Crippen LogP contribution in [0.25, 0.3) is 32.3 Å². The molecule has 0 unspecified atom stereocenters. The van der Waals surface area contributed by atoms with E-state index in [9.17, 15) is 0 Å². The highest BCUT2D eigenvalue weighted by atomic mass is 14.2. The van der Waals surface area contributed by atoms with Gasteiger partial charge in [-0.1, -0.05) is 125 Å². The molecule has 6 aromatic rings. The van der Waals surface area contributed by atoms with E-state index in [-0.39, 0.29) is 0 Å². The lowest BCUT2D eigenvalue weighted by molar-refractivity contribution is 1.52. The second-order valence-corrected chi connectivity index (χ2v) is 10.4. The van der Waals surface area contributed by atoms with Crippen LogP contribution in [0.3, 0.4) is 0 Å². The van der Waals surface area contributed by atoms with E-state index < -0.39 is 6.15 Å². The highest BCUT2D eigenvalue weighted by Crippen LogP contribution is 2.26. The van der Waals surface area contributed by atoms with E-state index in [0.717, 1.165) is 0 Å². The fourth-order valence-electron chi connectivity index (χ4n) is 6.43. The molecule has 0 saturated heterocycles. The lowest BCUT2D eigenvalue weighted by Gasteiger charge is -2.42. The zero-order chi connectivity index (χ0) is 24.2. The molecule has 6 rings (SSSR count). The quantitative estimate of drug-likeness (QED) is 0.251. The van der Waals surface area contributed by atoms with Crippen LogP contribution in [-0.2, 0) is 0 Å². The molecule has 0 N–H and O–H groups in total. The maximum absolute atomic E-state index is 2.49. The van der Waals surface area contributed by atoms with E-state index in [4.69, 9.17) is 0 Å². The van der Waals surface area contributed by atoms with Crippen LogP contribution < -0.4 is 16.4 Å². The molecule has 35 heavy (non-hydrogen) atoms. The van der Waals surface area contributed by atoms with Gasteiger partial charge in [0.15, 0.2) is 0 Å². The van der Waals surface area contributed by atoms with Gasteiger partial charge in [-0.3, -0.25) is 0 Å². The summed E-state index contributed by atoms with van der Waals surface area (Å²) >= 11 is 0. The molecule has 0 heterocycles. The highest BCUT2D eigenvalue weighted by molar-refractivity contribution is 7.13. The summed E-state index contributed by atoms with van der Waals surface area (Å²) in [6, 6.07) is 40.9. The molecule has 0 aliphatic carbocycles. The second kappa shape index (κ2) is 8.13. The third kappa shape index (κ3) is 3.22. The normalized spacial score (nSPS) is 12.0. The van der Waals surface area contributed by atoms with E-state index in [1.807, 2.05) is 0 Å². The van der Waals surface area contributed by atoms with E-state index in [0.29, 0.717) is 0 Å². The van der Waals surface area contributed by atoms with Crippen molar-refractivity contribution in [3.05, 3.63) is 126 Å². The number of hydrogen-bond acceptors (Lipinski definition) is 0. The van der Waals surface area contributed by atoms with Crippen LogP contribution in [0.15, 0.2) is 109 Å². The average Bonchev–Trinajstić information content (AvgIpc) is 2.89. The zero-order valence-electron chi connectivity index (χ0n) is 21.0. The summed E-state index contributed by atoms with van der Waals surface area (Å²) in [5, 5.41) is 8.07. The van der Waals surface area contributed by atoms with Crippen molar-refractivity contribution in [2.75, 3.05) is 0 Å². The first kappa shape index (κ1) is 21.7. The van der Waals surface area contributed by atoms with Crippen molar-refractivity contribution in [3.8, 4) is 0 Å². The Morgan fingerprint density at radius 3 is 0.886 bits per heavy atom. The zero-order valence-corrected chi connectivity index (χ0v) is 21.0. The predicted octanol–water partition coefficient (Wildman–Crippen LogP) is 7.17. The molecule has 1 heteroatoms. The number of benzene rings is 6. The van der Waals surface area contributed by atoms with Gasteiger partial charge in [-0.15, -0.1) is 0 Å². The minimum absolute atomic E-state index is 1.29. The standard InChI is InChI=1S/C34H30B/c1-23-17-20-32(29-14-8-5-11-26(23)29)35(4,33-21-18-24(2)27-12-6-9-15-30(27)33)34-22-19-25(3)28-13-7-10-16-31(28)34/h5-22H,1-4H3/q-1. The van der Waals surface area contributed by atoms with E-state index in [1.54, 1.807) is 0 Å². The minimum atomic E-state index is -1.29. The van der Waals surface area contributed by atoms with E-state index in [1.165, 1.54) is 65.4 Å². The van der Waals surface area contributed by atoms with Crippen molar-refractivity contribution in [1.82, 2.24) is 0 Å². The summed E-state index contributed by atoms with van der Waals surface area (Å²) in [5.41, 5.74) is 8.21. The molecular weight excluding hydrogens is 419 g/mol. The summed E-state index contributed by atoms with van der Waals surface area (Å²) in [6.45, 7) is 9.16. The van der Waals surface area contributed by atoms with Gasteiger partial charge in [0.2, 0.25) is 0 Å². The summed E-state index contributed by atoms with van der Waals surface area (Å²) in [6.07, 6.45) is -1.29. The summed E-state index contributed by atoms with van der Waals surface area (Å²) < 4.78 is 0. The van der Waals surface area contributed by atoms with Crippen molar-refractivity contribution >= 4 is 54.9 Å². The molecule has 0 amide bonds. The minimum Gasteiger partial charge on any atom is -0.192 e. The molecular formula is C34H30B-. The smallest absolute Gasteiger partial charge is 0.0810 e. The van der Waals surface area contributed by atoms with Crippen LogP contribution in [0.5, 0.6) is 0 Å². The molecule has 0 nitrogen and oxygen atoms in total. The van der Waals surface area contributed by atoms with Crippen molar-refractivity contribution < 1.29 is 0 Å². The SMILES string of the molecule is Cc1ccc([B-](C)(c2ccc(C)c3ccccc23)c2ccc(C)c3ccccc23)c2ccccc12. The Morgan fingerprint density at radius 1 is 0.343 bits per heavy atom. The molecule has 0 aliphatic rings. The van der Waals surface area contributed by atoms with Gasteiger partial charge in [0, 0.05) is 0 Å². The van der Waals surface area contributed by atoms with Crippen molar-refractivity contribution in [2.24, 2.45) is 0 Å². The Bertz CT molecular complexity index is 1540. The maximum atomic E-state index is 2.49. The fourth-order valence-corrected chi connectivity index (χ4v) is 6.43. The van der Waals surface area contributed by atoms with E-state index >= 15 is 0 Å². The van der Waals surface area contributed by atoms with Crippen molar-refractivity contribution in [3.63, 3.8) is 0 Å². The van der Waals surface area contributed by atoms with Crippen LogP contribution in [0.4, 0.5) is 0 Å². The van der Waals surface area contributed by atoms with Crippen LogP contribution in [0.1, 0.15) is 16.7 Å². The Morgan fingerprint density at radius 2 is 0.600 bits per heavy atom. The Balaban J connectivity index is 1.83. The molecule has 0 radical (unpaired) electrons.